The Morgan fingerprint density at radius 3 is 2.88 bits per heavy atom. The van der Waals surface area contributed by atoms with Gasteiger partial charge in [-0.25, -0.2) is 9.37 Å². The maximum absolute atomic E-state index is 15.2. The van der Waals surface area contributed by atoms with Gasteiger partial charge in [0.05, 0.1) is 30.2 Å². The van der Waals surface area contributed by atoms with Crippen LogP contribution in [0.4, 0.5) is 4.39 Å². The molecule has 1 aromatic heterocycles. The summed E-state index contributed by atoms with van der Waals surface area (Å²) in [5, 5.41) is 9.79. The molecule has 2 aliphatic rings. The van der Waals surface area contributed by atoms with Crippen LogP contribution in [0.2, 0.25) is 5.02 Å². The Bertz CT molecular complexity index is 812. The van der Waals surface area contributed by atoms with Gasteiger partial charge >= 0.3 is 5.97 Å². The molecule has 1 unspecified atom stereocenters. The lowest BCUT2D eigenvalue weighted by atomic mass is 9.77. The number of carboxylic acid groups (broad SMARTS) is 1. The average Bonchev–Trinajstić information content (AvgIpc) is 3.16. The van der Waals surface area contributed by atoms with Crippen molar-refractivity contribution in [3.8, 4) is 11.3 Å². The van der Waals surface area contributed by atoms with Crippen LogP contribution in [-0.2, 0) is 4.79 Å². The van der Waals surface area contributed by atoms with E-state index in [1.165, 1.54) is 0 Å². The second kappa shape index (κ2) is 6.13. The monoisotopic (exact) mass is 362 g/mol. The number of carbonyl (C=O) groups is 1. The molecule has 0 saturated heterocycles. The summed E-state index contributed by atoms with van der Waals surface area (Å²) in [4.78, 5) is 15.3. The van der Waals surface area contributed by atoms with Gasteiger partial charge < -0.3 is 9.67 Å². The molecule has 1 fully saturated rings. The van der Waals surface area contributed by atoms with Gasteiger partial charge in [0.25, 0.3) is 0 Å². The highest BCUT2D eigenvalue weighted by atomic mass is 35.5. The van der Waals surface area contributed by atoms with Gasteiger partial charge in [-0.1, -0.05) is 23.7 Å². The van der Waals surface area contributed by atoms with Crippen LogP contribution in [0.15, 0.2) is 30.7 Å². The van der Waals surface area contributed by atoms with E-state index < -0.39 is 17.6 Å². The minimum absolute atomic E-state index is 0.00831. The van der Waals surface area contributed by atoms with E-state index in [4.69, 9.17) is 16.7 Å². The van der Waals surface area contributed by atoms with Crippen LogP contribution >= 0.6 is 11.6 Å². The fourth-order valence-electron chi connectivity index (χ4n) is 4.31. The lowest BCUT2D eigenvalue weighted by molar-refractivity contribution is -0.143. The number of aromatic nitrogens is 2. The lowest BCUT2D eigenvalue weighted by Gasteiger charge is -2.33. The van der Waals surface area contributed by atoms with Crippen LogP contribution in [0.3, 0.4) is 0 Å². The Morgan fingerprint density at radius 1 is 1.40 bits per heavy atom. The minimum atomic E-state index is -1.28. The van der Waals surface area contributed by atoms with E-state index in [0.717, 1.165) is 16.8 Å². The predicted molar refractivity (Wildman–Crippen MR) is 93.5 cm³/mol. The largest absolute Gasteiger partial charge is 0.481 e. The fraction of sp³-hybridized carbons (Fsp3) is 0.474. The van der Waals surface area contributed by atoms with Crippen LogP contribution in [0.1, 0.15) is 50.1 Å². The summed E-state index contributed by atoms with van der Waals surface area (Å²) < 4.78 is 17.3. The highest BCUT2D eigenvalue weighted by Gasteiger charge is 2.39. The molecule has 4 rings (SSSR count). The Kier molecular flexibility index (Phi) is 4.07. The summed E-state index contributed by atoms with van der Waals surface area (Å²) in [6.07, 6.45) is 6.13. The summed E-state index contributed by atoms with van der Waals surface area (Å²) >= 11 is 6.43. The highest BCUT2D eigenvalue weighted by molar-refractivity contribution is 6.32. The fourth-order valence-corrected chi connectivity index (χ4v) is 4.61. The molecule has 0 spiro atoms. The number of benzene rings is 1. The lowest BCUT2D eigenvalue weighted by Crippen LogP contribution is -2.32. The molecule has 6 heteroatoms. The van der Waals surface area contributed by atoms with Crippen molar-refractivity contribution in [3.63, 3.8) is 0 Å². The zero-order valence-corrected chi connectivity index (χ0v) is 14.5. The van der Waals surface area contributed by atoms with Crippen molar-refractivity contribution < 1.29 is 14.3 Å². The first-order valence-corrected chi connectivity index (χ1v) is 9.09. The van der Waals surface area contributed by atoms with Gasteiger partial charge in [-0.3, -0.25) is 4.79 Å². The summed E-state index contributed by atoms with van der Waals surface area (Å²) in [7, 11) is 0. The van der Waals surface area contributed by atoms with E-state index in [1.54, 1.807) is 6.33 Å². The van der Waals surface area contributed by atoms with Crippen molar-refractivity contribution in [1.82, 2.24) is 9.55 Å². The van der Waals surface area contributed by atoms with E-state index in [-0.39, 0.29) is 6.04 Å². The smallest absolute Gasteiger partial charge is 0.306 e. The second-order valence-electron chi connectivity index (χ2n) is 7.21. The molecule has 1 aliphatic heterocycles. The number of fused-ring (bicyclic) bond motifs is 3. The van der Waals surface area contributed by atoms with Crippen LogP contribution in [0.5, 0.6) is 0 Å². The number of carboxylic acids is 1. The van der Waals surface area contributed by atoms with E-state index in [2.05, 4.69) is 9.55 Å². The molecule has 1 N–H and O–H groups in total. The molecule has 1 aromatic carbocycles. The zero-order valence-electron chi connectivity index (χ0n) is 13.8. The summed E-state index contributed by atoms with van der Waals surface area (Å²) in [6.45, 7) is 0. The number of rotatable bonds is 4. The first-order chi connectivity index (χ1) is 12.0. The summed E-state index contributed by atoms with van der Waals surface area (Å²) in [6, 6.07) is 5.81. The van der Waals surface area contributed by atoms with E-state index in [1.807, 2.05) is 24.4 Å². The Morgan fingerprint density at radius 2 is 2.16 bits per heavy atom. The van der Waals surface area contributed by atoms with Crippen LogP contribution < -0.4 is 0 Å². The van der Waals surface area contributed by atoms with Crippen LogP contribution in [0.25, 0.3) is 11.3 Å². The third-order valence-electron chi connectivity index (χ3n) is 5.76. The first-order valence-electron chi connectivity index (χ1n) is 8.71. The Balaban J connectivity index is 1.52. The van der Waals surface area contributed by atoms with Gasteiger partial charge in [-0.15, -0.1) is 0 Å². The van der Waals surface area contributed by atoms with Crippen molar-refractivity contribution in [3.05, 3.63) is 41.3 Å². The second-order valence-corrected chi connectivity index (χ2v) is 7.61. The van der Waals surface area contributed by atoms with Crippen molar-refractivity contribution in [2.24, 2.45) is 5.92 Å². The highest BCUT2D eigenvalue weighted by Crippen LogP contribution is 2.47. The molecular formula is C19H20ClFN2O2. The van der Waals surface area contributed by atoms with Gasteiger partial charge in [0.15, 0.2) is 0 Å². The molecule has 25 heavy (non-hydrogen) atoms. The molecule has 1 saturated carbocycles. The van der Waals surface area contributed by atoms with Crippen molar-refractivity contribution in [2.45, 2.75) is 50.2 Å². The quantitative estimate of drug-likeness (QED) is 0.844. The topological polar surface area (TPSA) is 55.1 Å². The van der Waals surface area contributed by atoms with E-state index in [0.29, 0.717) is 43.5 Å². The van der Waals surface area contributed by atoms with E-state index >= 15 is 4.39 Å². The molecule has 4 nitrogen and oxygen atoms in total. The van der Waals surface area contributed by atoms with Gasteiger partial charge in [0, 0.05) is 16.1 Å². The first kappa shape index (κ1) is 16.6. The predicted octanol–water partition coefficient (Wildman–Crippen LogP) is 4.87. The molecule has 2 aromatic rings. The molecular weight excluding hydrogens is 343 g/mol. The van der Waals surface area contributed by atoms with Gasteiger partial charge in [-0.05, 0) is 44.6 Å². The van der Waals surface area contributed by atoms with E-state index in [9.17, 15) is 4.79 Å². The molecule has 0 bridgehead atoms. The number of alkyl halides is 1. The summed E-state index contributed by atoms with van der Waals surface area (Å²) in [5.74, 6) is -1.20. The minimum Gasteiger partial charge on any atom is -0.481 e. The van der Waals surface area contributed by atoms with Crippen molar-refractivity contribution in [2.75, 3.05) is 0 Å². The third-order valence-corrected chi connectivity index (χ3v) is 6.09. The van der Waals surface area contributed by atoms with Crippen molar-refractivity contribution in [1.29, 1.82) is 0 Å². The molecule has 132 valence electrons. The standard InChI is InChI=1S/C19H20ClFN2O2/c20-14-3-1-2-13-16-10-22-11-23(16)15(17(13)14)6-9-19(21)7-4-12(5-8-19)18(24)25/h1-3,10-12,15H,4-9H2,(H,24,25). The molecule has 0 radical (unpaired) electrons. The summed E-state index contributed by atoms with van der Waals surface area (Å²) in [5.41, 5.74) is 1.85. The van der Waals surface area contributed by atoms with Crippen molar-refractivity contribution >= 4 is 17.6 Å². The molecule has 2 heterocycles. The molecule has 1 aliphatic carbocycles. The Labute approximate surface area is 150 Å². The zero-order chi connectivity index (χ0) is 17.6. The van der Waals surface area contributed by atoms with Gasteiger partial charge in [-0.2, -0.15) is 0 Å². The normalized spacial score (nSPS) is 27.8. The van der Waals surface area contributed by atoms with Crippen LogP contribution in [0, 0.1) is 5.92 Å². The SMILES string of the molecule is O=C(O)C1CCC(F)(CCC2c3c(Cl)cccc3-c3cncn32)CC1. The maximum Gasteiger partial charge on any atom is 0.306 e. The van der Waals surface area contributed by atoms with Gasteiger partial charge in [0.1, 0.15) is 5.67 Å². The number of hydrogen-bond donors (Lipinski definition) is 1. The number of aliphatic carboxylic acids is 1. The molecule has 1 atom stereocenters. The number of hydrogen-bond acceptors (Lipinski definition) is 2. The number of halogens is 2. The maximum atomic E-state index is 15.2. The Hall–Kier alpha value is -1.88. The molecule has 0 amide bonds. The number of imidazole rings is 1. The third kappa shape index (κ3) is 2.84. The van der Waals surface area contributed by atoms with Gasteiger partial charge in [0.2, 0.25) is 0 Å². The average molecular weight is 363 g/mol. The van der Waals surface area contributed by atoms with Crippen LogP contribution in [-0.4, -0.2) is 26.3 Å². The number of nitrogens with zero attached hydrogens (tertiary/aromatic N) is 2.